The minimum atomic E-state index is -0.373. The Bertz CT molecular complexity index is 570. The predicted molar refractivity (Wildman–Crippen MR) is 70.0 cm³/mol. The highest BCUT2D eigenvalue weighted by Gasteiger charge is 2.41. The number of nitrogens with zero attached hydrogens (tertiary/aromatic N) is 1. The maximum atomic E-state index is 12.1. The summed E-state index contributed by atoms with van der Waals surface area (Å²) in [5, 5.41) is 0.163. The van der Waals surface area contributed by atoms with Crippen molar-refractivity contribution in [1.29, 1.82) is 0 Å². The zero-order valence-electron chi connectivity index (χ0n) is 10.4. The van der Waals surface area contributed by atoms with Crippen molar-refractivity contribution in [2.24, 2.45) is 17.8 Å². The highest BCUT2D eigenvalue weighted by Crippen LogP contribution is 2.49. The molecule has 18 heavy (non-hydrogen) atoms. The van der Waals surface area contributed by atoms with E-state index in [-0.39, 0.29) is 16.4 Å². The van der Waals surface area contributed by atoms with Crippen molar-refractivity contribution in [3.05, 3.63) is 31.6 Å². The third-order valence-electron chi connectivity index (χ3n) is 4.21. The maximum absolute atomic E-state index is 12.1. The Labute approximate surface area is 110 Å². The largest absolute Gasteiger partial charge is 0.329 e. The van der Waals surface area contributed by atoms with Crippen molar-refractivity contribution in [3.8, 4) is 0 Å². The SMILES string of the molecule is Cc1c(Cl)[nH]c(=O)n(CC(C2CC2)C2CC2)c1=O. The zero-order chi connectivity index (χ0) is 12.9. The van der Waals surface area contributed by atoms with Gasteiger partial charge in [0, 0.05) is 12.1 Å². The number of nitrogens with one attached hydrogen (secondary N) is 1. The van der Waals surface area contributed by atoms with Gasteiger partial charge in [0.1, 0.15) is 5.15 Å². The van der Waals surface area contributed by atoms with E-state index in [9.17, 15) is 9.59 Å². The van der Waals surface area contributed by atoms with Crippen molar-refractivity contribution in [2.45, 2.75) is 39.2 Å². The minimum Gasteiger partial charge on any atom is -0.297 e. The molecule has 1 heterocycles. The van der Waals surface area contributed by atoms with Crippen LogP contribution in [0.4, 0.5) is 0 Å². The van der Waals surface area contributed by atoms with Crippen molar-refractivity contribution < 1.29 is 0 Å². The lowest BCUT2D eigenvalue weighted by Crippen LogP contribution is -2.39. The standard InChI is InChI=1S/C13H17ClN2O2/c1-7-11(14)15-13(18)16(12(7)17)6-10(8-2-3-8)9-4-5-9/h8-10H,2-6H2,1H3,(H,15,18). The number of aromatic nitrogens is 2. The molecule has 0 amide bonds. The van der Waals surface area contributed by atoms with E-state index in [2.05, 4.69) is 4.98 Å². The van der Waals surface area contributed by atoms with Gasteiger partial charge >= 0.3 is 5.69 Å². The first-order valence-corrected chi connectivity index (χ1v) is 6.95. The molecule has 0 saturated heterocycles. The van der Waals surface area contributed by atoms with Gasteiger partial charge in [-0.1, -0.05) is 11.6 Å². The van der Waals surface area contributed by atoms with Crippen LogP contribution in [-0.2, 0) is 6.54 Å². The summed E-state index contributed by atoms with van der Waals surface area (Å²) in [7, 11) is 0. The molecular formula is C13H17ClN2O2. The third kappa shape index (κ3) is 2.14. The van der Waals surface area contributed by atoms with Crippen molar-refractivity contribution in [2.75, 3.05) is 0 Å². The second-order valence-electron chi connectivity index (χ2n) is 5.62. The van der Waals surface area contributed by atoms with Gasteiger partial charge in [-0.05, 0) is 50.4 Å². The molecule has 0 aromatic carbocycles. The number of rotatable bonds is 4. The summed E-state index contributed by atoms with van der Waals surface area (Å²) in [6, 6.07) is 0. The molecule has 1 aromatic heterocycles. The quantitative estimate of drug-likeness (QED) is 0.849. The van der Waals surface area contributed by atoms with Gasteiger partial charge in [0.25, 0.3) is 5.56 Å². The van der Waals surface area contributed by atoms with Crippen LogP contribution in [0.15, 0.2) is 9.59 Å². The van der Waals surface area contributed by atoms with Gasteiger partial charge in [-0.25, -0.2) is 4.79 Å². The topological polar surface area (TPSA) is 54.9 Å². The van der Waals surface area contributed by atoms with Crippen LogP contribution in [0.3, 0.4) is 0 Å². The summed E-state index contributed by atoms with van der Waals surface area (Å²) in [4.78, 5) is 26.5. The first-order valence-electron chi connectivity index (χ1n) is 6.57. The molecule has 0 radical (unpaired) electrons. The smallest absolute Gasteiger partial charge is 0.297 e. The third-order valence-corrected chi connectivity index (χ3v) is 4.58. The second kappa shape index (κ2) is 4.26. The van der Waals surface area contributed by atoms with Gasteiger partial charge in [-0.15, -0.1) is 0 Å². The van der Waals surface area contributed by atoms with E-state index in [0.29, 0.717) is 18.0 Å². The first-order chi connectivity index (χ1) is 8.58. The molecule has 3 rings (SSSR count). The molecule has 4 nitrogen and oxygen atoms in total. The minimum absolute atomic E-state index is 0.163. The number of halogens is 1. The van der Waals surface area contributed by atoms with E-state index in [1.807, 2.05) is 0 Å². The summed E-state index contributed by atoms with van der Waals surface area (Å²) in [5.74, 6) is 1.95. The monoisotopic (exact) mass is 268 g/mol. The average molecular weight is 269 g/mol. The van der Waals surface area contributed by atoms with E-state index >= 15 is 0 Å². The van der Waals surface area contributed by atoms with Crippen molar-refractivity contribution in [1.82, 2.24) is 9.55 Å². The van der Waals surface area contributed by atoms with E-state index in [4.69, 9.17) is 11.6 Å². The van der Waals surface area contributed by atoms with Crippen LogP contribution in [-0.4, -0.2) is 9.55 Å². The fraction of sp³-hybridized carbons (Fsp3) is 0.692. The van der Waals surface area contributed by atoms with Crippen LogP contribution in [0.1, 0.15) is 31.2 Å². The lowest BCUT2D eigenvalue weighted by molar-refractivity contribution is 0.337. The lowest BCUT2D eigenvalue weighted by atomic mass is 9.98. The molecular weight excluding hydrogens is 252 g/mol. The molecule has 0 unspecified atom stereocenters. The molecule has 0 aliphatic heterocycles. The Morgan fingerprint density at radius 2 is 1.83 bits per heavy atom. The van der Waals surface area contributed by atoms with Gasteiger partial charge in [-0.3, -0.25) is 14.3 Å². The highest BCUT2D eigenvalue weighted by atomic mass is 35.5. The maximum Gasteiger partial charge on any atom is 0.329 e. The average Bonchev–Trinajstić information content (AvgIpc) is 3.17. The molecule has 1 N–H and O–H groups in total. The van der Waals surface area contributed by atoms with Crippen LogP contribution in [0.2, 0.25) is 5.15 Å². The Morgan fingerprint density at radius 3 is 2.33 bits per heavy atom. The summed E-state index contributed by atoms with van der Waals surface area (Å²) in [5.41, 5.74) is -0.182. The fourth-order valence-electron chi connectivity index (χ4n) is 2.75. The molecule has 2 fully saturated rings. The second-order valence-corrected chi connectivity index (χ2v) is 6.00. The van der Waals surface area contributed by atoms with Gasteiger partial charge < -0.3 is 0 Å². The Morgan fingerprint density at radius 1 is 1.28 bits per heavy atom. The van der Waals surface area contributed by atoms with Crippen LogP contribution in [0.25, 0.3) is 0 Å². The highest BCUT2D eigenvalue weighted by molar-refractivity contribution is 6.30. The lowest BCUT2D eigenvalue weighted by Gasteiger charge is -2.16. The van der Waals surface area contributed by atoms with Crippen LogP contribution in [0.5, 0.6) is 0 Å². The number of aromatic amines is 1. The Kier molecular flexibility index (Phi) is 2.85. The molecule has 0 bridgehead atoms. The van der Waals surface area contributed by atoms with Gasteiger partial charge in [-0.2, -0.15) is 0 Å². The molecule has 5 heteroatoms. The summed E-state index contributed by atoms with van der Waals surface area (Å²) >= 11 is 5.81. The van der Waals surface area contributed by atoms with E-state index in [1.165, 1.54) is 30.3 Å². The van der Waals surface area contributed by atoms with E-state index in [0.717, 1.165) is 11.8 Å². The number of H-pyrrole nitrogens is 1. The zero-order valence-corrected chi connectivity index (χ0v) is 11.2. The number of hydrogen-bond acceptors (Lipinski definition) is 2. The molecule has 2 aliphatic rings. The predicted octanol–water partition coefficient (Wildman–Crippen LogP) is 1.93. The van der Waals surface area contributed by atoms with Gasteiger partial charge in [0.15, 0.2) is 0 Å². The van der Waals surface area contributed by atoms with E-state index < -0.39 is 0 Å². The van der Waals surface area contributed by atoms with Crippen molar-refractivity contribution >= 4 is 11.6 Å². The number of hydrogen-bond donors (Lipinski definition) is 1. The van der Waals surface area contributed by atoms with Crippen LogP contribution in [0, 0.1) is 24.7 Å². The van der Waals surface area contributed by atoms with Gasteiger partial charge in [0.2, 0.25) is 0 Å². The normalized spacial score (nSPS) is 19.5. The summed E-state index contributed by atoms with van der Waals surface area (Å²) in [6.07, 6.45) is 5.00. The summed E-state index contributed by atoms with van der Waals surface area (Å²) in [6.45, 7) is 2.21. The summed E-state index contributed by atoms with van der Waals surface area (Å²) < 4.78 is 1.34. The first kappa shape index (κ1) is 12.0. The molecule has 1 aromatic rings. The molecule has 2 saturated carbocycles. The molecule has 2 aliphatic carbocycles. The Hall–Kier alpha value is -1.03. The van der Waals surface area contributed by atoms with Gasteiger partial charge in [0.05, 0.1) is 0 Å². The molecule has 0 atom stereocenters. The Balaban J connectivity index is 1.94. The van der Waals surface area contributed by atoms with Crippen LogP contribution >= 0.6 is 11.6 Å². The molecule has 0 spiro atoms. The van der Waals surface area contributed by atoms with E-state index in [1.54, 1.807) is 6.92 Å². The fourth-order valence-corrected chi connectivity index (χ4v) is 2.91. The van der Waals surface area contributed by atoms with Crippen LogP contribution < -0.4 is 11.2 Å². The van der Waals surface area contributed by atoms with Crippen molar-refractivity contribution in [3.63, 3.8) is 0 Å². The molecule has 98 valence electrons.